The number of hydrogen-bond donors (Lipinski definition) is 5. The van der Waals surface area contributed by atoms with Crippen LogP contribution >= 0.6 is 0 Å². The number of nitrogens with zero attached hydrogens (tertiary/aromatic N) is 4. The van der Waals surface area contributed by atoms with E-state index in [1.807, 2.05) is 4.90 Å². The number of benzene rings is 1. The second-order valence-electron chi connectivity index (χ2n) is 22.3. The summed E-state index contributed by atoms with van der Waals surface area (Å²) in [4.78, 5) is 86.6. The van der Waals surface area contributed by atoms with Crippen LogP contribution in [-0.2, 0) is 23.8 Å². The predicted octanol–water partition coefficient (Wildman–Crippen LogP) is 6.52. The van der Waals surface area contributed by atoms with Gasteiger partial charge < -0.3 is 49.6 Å². The highest BCUT2D eigenvalue weighted by Gasteiger charge is 2.53. The molecule has 1 amide bonds. The lowest BCUT2D eigenvalue weighted by Crippen LogP contribution is -2.46. The molecule has 7 aliphatic rings. The Kier molecular flexibility index (Phi) is 15.2. The highest BCUT2D eigenvalue weighted by atomic mass is 19.1. The molecule has 0 radical (unpaired) electrons. The number of aromatic hydroxyl groups is 1. The number of hydrazone groups is 1. The van der Waals surface area contributed by atoms with Gasteiger partial charge in [0.1, 0.15) is 29.1 Å². The van der Waals surface area contributed by atoms with Gasteiger partial charge in [0, 0.05) is 93.8 Å². The number of ketones is 3. The Hall–Kier alpha value is -7.42. The first-order valence-electron chi connectivity index (χ1n) is 26.6. The minimum atomic E-state index is -2.17. The van der Waals surface area contributed by atoms with E-state index in [1.165, 1.54) is 63.6 Å². The number of carbonyl (C=O) groups excluding carboxylic acids is 5. The Morgan fingerprint density at radius 1 is 0.924 bits per heavy atom. The molecule has 1 aromatic carbocycles. The van der Waals surface area contributed by atoms with Crippen molar-refractivity contribution in [3.63, 3.8) is 0 Å². The summed E-state index contributed by atoms with van der Waals surface area (Å²) in [5.74, 6) is -10.9. The van der Waals surface area contributed by atoms with Crippen LogP contribution in [0, 0.1) is 55.2 Å². The Labute approximate surface area is 456 Å². The molecule has 11 atom stereocenters. The van der Waals surface area contributed by atoms with Crippen LogP contribution in [0.5, 0.6) is 11.5 Å². The van der Waals surface area contributed by atoms with Crippen LogP contribution in [0.15, 0.2) is 76.1 Å². The monoisotopic (exact) mass is 1090 g/mol. The van der Waals surface area contributed by atoms with Gasteiger partial charge in [0.2, 0.25) is 5.78 Å². The van der Waals surface area contributed by atoms with Gasteiger partial charge in [-0.2, -0.15) is 5.10 Å². The van der Waals surface area contributed by atoms with Gasteiger partial charge in [0.25, 0.3) is 17.2 Å². The van der Waals surface area contributed by atoms with Gasteiger partial charge in [-0.05, 0) is 62.8 Å². The van der Waals surface area contributed by atoms with Gasteiger partial charge in [0.15, 0.2) is 11.6 Å². The number of hydrogen-bond acceptors (Lipinski definition) is 17. The van der Waals surface area contributed by atoms with Gasteiger partial charge in [-0.25, -0.2) is 4.39 Å². The number of aliphatic hydroxyl groups excluding tert-OH is 3. The standard InChI is InChI=1S/C59H68FN5O14/c1-26-13-12-14-27(2)57(74)62-46-40(20-61-64-23-36-21-63(22-37(36)24-64)48-29(4)47-39(35-15-16-35)19-38(33(8)66)58(75)65(47)25-41(48)60)52(71)43-44(53(46)72)51(70)32(7)55-45(43)56(73)59(10,79-55)77-18-17-42(76-11)28(3)54(78-34(9)67)31(6)50(69)30(5)49(26)68/h12-14,17-20,25-26,28,30-31,35-37,42,49-50,54,66,68-70H,8,15-16,21-24H2,1-7,9-11H3,(H,62,74)/b13-12+,18-17+,27-14-,61-20-/t26-,28+,30+,31+,36?,37?,42-,49-,50+,54+,59-/m0/s1. The maximum absolute atomic E-state index is 16.3. The van der Waals surface area contributed by atoms with Crippen molar-refractivity contribution in [3.8, 4) is 11.5 Å². The van der Waals surface area contributed by atoms with Crippen molar-refractivity contribution in [2.24, 2.45) is 40.6 Å². The summed E-state index contributed by atoms with van der Waals surface area (Å²) in [6.45, 7) is 19.1. The molecule has 7 heterocycles. The zero-order chi connectivity index (χ0) is 57.4. The number of aromatic nitrogens is 1. The number of allylic oxidation sites excluding steroid dienone is 4. The molecule has 19 nitrogen and oxygen atoms in total. The molecule has 5 N–H and O–H groups in total. The van der Waals surface area contributed by atoms with Crippen molar-refractivity contribution in [1.82, 2.24) is 14.7 Å². The first-order chi connectivity index (χ1) is 37.3. The topological polar surface area (TPSA) is 256 Å². The van der Waals surface area contributed by atoms with E-state index >= 15 is 9.18 Å². The van der Waals surface area contributed by atoms with E-state index in [9.17, 15) is 44.4 Å². The van der Waals surface area contributed by atoms with Gasteiger partial charge in [0.05, 0.1) is 76.0 Å². The predicted molar refractivity (Wildman–Crippen MR) is 289 cm³/mol. The number of pyridine rings is 2. The quantitative estimate of drug-likeness (QED) is 0.0959. The van der Waals surface area contributed by atoms with Crippen molar-refractivity contribution in [1.29, 1.82) is 0 Å². The Morgan fingerprint density at radius 3 is 2.22 bits per heavy atom. The number of phenolic OH excluding ortho intramolecular Hbond substituents is 1. The van der Waals surface area contributed by atoms with Crippen LogP contribution in [0.25, 0.3) is 11.3 Å². The zero-order valence-corrected chi connectivity index (χ0v) is 46.0. The van der Waals surface area contributed by atoms with Crippen LogP contribution in [0.3, 0.4) is 0 Å². The van der Waals surface area contributed by atoms with Crippen LogP contribution in [-0.4, -0.2) is 129 Å². The van der Waals surface area contributed by atoms with Crippen molar-refractivity contribution < 1.29 is 67.7 Å². The summed E-state index contributed by atoms with van der Waals surface area (Å²) in [7, 11) is 1.41. The number of rotatable bonds is 7. The fourth-order valence-electron chi connectivity index (χ4n) is 12.2. The normalized spacial score (nSPS) is 31.0. The summed E-state index contributed by atoms with van der Waals surface area (Å²) < 4.78 is 41.3. The molecule has 10 rings (SSSR count). The molecule has 79 heavy (non-hydrogen) atoms. The minimum Gasteiger partial charge on any atom is -0.508 e. The second-order valence-corrected chi connectivity index (χ2v) is 22.3. The maximum atomic E-state index is 16.3. The molecule has 2 aromatic heterocycles. The SMILES string of the molecule is C=C(O)c1cc(C2CC2)c2c(C)c(N3CC4CN(/N=C\C5=C6NC(=O)/C(C)=C\C=C\[C@H](C)[C@H](O)[C@@H](C)[C@@H](O)[C@@H](C)[C@H](OC(C)=O)[C@H](C)[C@@H](OC)/C=C/O[C@@]7(C)Oc8c(C)c(O)c(c(c8C7=O)C5=O)C6=O)CC4C3)c(F)cn2c1=O. The molecule has 0 spiro atoms. The first-order valence-corrected chi connectivity index (χ1v) is 26.6. The summed E-state index contributed by atoms with van der Waals surface area (Å²) in [5, 5.41) is 54.1. The zero-order valence-electron chi connectivity index (χ0n) is 46.0. The van der Waals surface area contributed by atoms with E-state index in [4.69, 9.17) is 18.9 Å². The van der Waals surface area contributed by atoms with Crippen LogP contribution < -0.4 is 20.5 Å². The lowest BCUT2D eigenvalue weighted by molar-refractivity contribution is -0.160. The third-order valence-electron chi connectivity index (χ3n) is 16.9. The van der Waals surface area contributed by atoms with Crippen LogP contribution in [0.2, 0.25) is 0 Å². The number of phenols is 1. The van der Waals surface area contributed by atoms with Crippen LogP contribution in [0.4, 0.5) is 10.1 Å². The summed E-state index contributed by atoms with van der Waals surface area (Å²) in [6, 6.07) is 1.66. The van der Waals surface area contributed by atoms with Gasteiger partial charge in [-0.15, -0.1) is 0 Å². The first kappa shape index (κ1) is 56.3. The highest BCUT2D eigenvalue weighted by molar-refractivity contribution is 6.37. The molecule has 1 saturated carbocycles. The molecule has 5 bridgehead atoms. The third-order valence-corrected chi connectivity index (χ3v) is 16.9. The van der Waals surface area contributed by atoms with Crippen molar-refractivity contribution in [2.45, 2.75) is 111 Å². The van der Waals surface area contributed by atoms with Crippen LogP contribution in [0.1, 0.15) is 121 Å². The maximum Gasteiger partial charge on any atom is 0.312 e. The van der Waals surface area contributed by atoms with Crippen molar-refractivity contribution in [3.05, 3.63) is 121 Å². The van der Waals surface area contributed by atoms with E-state index in [0.29, 0.717) is 42.9 Å². The molecule has 420 valence electrons. The molecule has 2 aliphatic carbocycles. The number of carbonyl (C=O) groups is 5. The molecular formula is C59H68FN5O14. The smallest absolute Gasteiger partial charge is 0.312 e. The van der Waals surface area contributed by atoms with E-state index in [-0.39, 0.29) is 51.5 Å². The van der Waals surface area contributed by atoms with Gasteiger partial charge >= 0.3 is 11.8 Å². The summed E-state index contributed by atoms with van der Waals surface area (Å²) in [6.07, 6.45) is 7.21. The number of halogens is 1. The fourth-order valence-corrected chi connectivity index (χ4v) is 12.2. The average Bonchev–Trinajstić information content (AvgIpc) is 4.14. The lowest BCUT2D eigenvalue weighted by atomic mass is 9.78. The third kappa shape index (κ3) is 9.96. The average molecular weight is 1090 g/mol. The number of ether oxygens (including phenoxy) is 4. The number of esters is 1. The molecular weight excluding hydrogens is 1020 g/mol. The Balaban J connectivity index is 1.06. The fraction of sp³-hybridized carbons (Fsp3) is 0.475. The number of aryl methyl sites for hydroxylation is 1. The van der Waals surface area contributed by atoms with Crippen molar-refractivity contribution in [2.75, 3.05) is 38.2 Å². The van der Waals surface area contributed by atoms with E-state index < -0.39 is 123 Å². The largest absolute Gasteiger partial charge is 0.508 e. The molecule has 5 aliphatic heterocycles. The molecule has 2 saturated heterocycles. The number of anilines is 1. The molecule has 2 unspecified atom stereocenters. The number of nitrogens with one attached hydrogen (secondary N) is 1. The number of amides is 1. The minimum absolute atomic E-state index is 0.0223. The van der Waals surface area contributed by atoms with Crippen molar-refractivity contribution >= 4 is 52.4 Å². The Morgan fingerprint density at radius 2 is 1.59 bits per heavy atom. The molecule has 3 aromatic rings. The second kappa shape index (κ2) is 21.3. The number of methoxy groups -OCH3 is 1. The Bertz CT molecular complexity index is 3320. The number of aliphatic hydroxyl groups is 3. The summed E-state index contributed by atoms with van der Waals surface area (Å²) >= 11 is 0. The van der Waals surface area contributed by atoms with E-state index in [1.54, 1.807) is 51.8 Å². The van der Waals surface area contributed by atoms with Gasteiger partial charge in [-0.3, -0.25) is 38.2 Å². The highest BCUT2D eigenvalue weighted by Crippen LogP contribution is 2.49. The molecule has 3 fully saturated rings. The molecule has 20 heteroatoms. The summed E-state index contributed by atoms with van der Waals surface area (Å²) in [5.41, 5.74) is -0.389. The van der Waals surface area contributed by atoms with Gasteiger partial charge in [-0.1, -0.05) is 52.5 Å². The number of Topliss-reactive ketones (excluding diaryl/α,β-unsaturated/α-hetero) is 3. The van der Waals surface area contributed by atoms with E-state index in [2.05, 4.69) is 17.0 Å². The lowest BCUT2D eigenvalue weighted by Gasteiger charge is -2.38. The van der Waals surface area contributed by atoms with E-state index in [0.717, 1.165) is 30.9 Å². The number of fused-ring (bicyclic) bond motifs is 16.